The third-order valence-electron chi connectivity index (χ3n) is 4.24. The molecule has 0 bridgehead atoms. The van der Waals surface area contributed by atoms with E-state index in [1.807, 2.05) is 11.3 Å². The maximum Gasteiger partial charge on any atom is 0.0656 e. The normalized spacial score (nSPS) is 26.2. The second kappa shape index (κ2) is 7.25. The molecule has 0 amide bonds. The first kappa shape index (κ1) is 14.8. The molecule has 0 aromatic carbocycles. The largest absolute Gasteiger partial charge is 0.310 e. The van der Waals surface area contributed by atoms with Gasteiger partial charge in [0.2, 0.25) is 0 Å². The van der Waals surface area contributed by atoms with Gasteiger partial charge in [-0.25, -0.2) is 0 Å². The predicted octanol–water partition coefficient (Wildman–Crippen LogP) is 5.22. The molecule has 3 heteroatoms. The summed E-state index contributed by atoms with van der Waals surface area (Å²) in [6.07, 6.45) is 7.05. The highest BCUT2D eigenvalue weighted by atomic mass is 127. The first-order chi connectivity index (χ1) is 8.74. The smallest absolute Gasteiger partial charge is 0.0656 e. The average Bonchev–Trinajstić information content (AvgIpc) is 2.82. The molecule has 1 heterocycles. The molecule has 1 fully saturated rings. The van der Waals surface area contributed by atoms with E-state index in [0.717, 1.165) is 18.4 Å². The van der Waals surface area contributed by atoms with Gasteiger partial charge in [-0.1, -0.05) is 33.1 Å². The minimum absolute atomic E-state index is 0.587. The van der Waals surface area contributed by atoms with Gasteiger partial charge in [0.15, 0.2) is 0 Å². The van der Waals surface area contributed by atoms with E-state index < -0.39 is 0 Å². The Balaban J connectivity index is 2.09. The van der Waals surface area contributed by atoms with Crippen molar-refractivity contribution in [2.45, 2.75) is 52.0 Å². The molecule has 18 heavy (non-hydrogen) atoms. The molecule has 1 saturated carbocycles. The average molecular weight is 377 g/mol. The fourth-order valence-electron chi connectivity index (χ4n) is 3.27. The molecule has 1 aliphatic rings. The van der Waals surface area contributed by atoms with Crippen LogP contribution in [0.2, 0.25) is 0 Å². The number of rotatable bonds is 5. The van der Waals surface area contributed by atoms with Crippen molar-refractivity contribution in [2.24, 2.45) is 11.8 Å². The topological polar surface area (TPSA) is 12.0 Å². The van der Waals surface area contributed by atoms with Crippen molar-refractivity contribution in [3.8, 4) is 0 Å². The van der Waals surface area contributed by atoms with E-state index in [0.29, 0.717) is 6.04 Å². The van der Waals surface area contributed by atoms with Crippen molar-refractivity contribution in [2.75, 3.05) is 6.54 Å². The van der Waals surface area contributed by atoms with Crippen molar-refractivity contribution >= 4 is 33.9 Å². The van der Waals surface area contributed by atoms with Crippen molar-refractivity contribution in [1.82, 2.24) is 5.32 Å². The van der Waals surface area contributed by atoms with Gasteiger partial charge in [0.1, 0.15) is 0 Å². The Morgan fingerprint density at radius 1 is 1.44 bits per heavy atom. The van der Waals surface area contributed by atoms with Gasteiger partial charge in [-0.15, -0.1) is 11.3 Å². The summed E-state index contributed by atoms with van der Waals surface area (Å²) in [7, 11) is 0. The Morgan fingerprint density at radius 3 is 2.89 bits per heavy atom. The van der Waals surface area contributed by atoms with E-state index in [4.69, 9.17) is 0 Å². The van der Waals surface area contributed by atoms with Crippen LogP contribution in [0.5, 0.6) is 0 Å². The van der Waals surface area contributed by atoms with Crippen LogP contribution in [0, 0.1) is 14.7 Å². The zero-order chi connectivity index (χ0) is 13.0. The summed E-state index contributed by atoms with van der Waals surface area (Å²) in [6, 6.07) is 2.96. The highest BCUT2D eigenvalue weighted by Crippen LogP contribution is 2.39. The Bertz CT molecular complexity index is 363. The van der Waals surface area contributed by atoms with E-state index in [1.54, 1.807) is 0 Å². The van der Waals surface area contributed by atoms with Gasteiger partial charge < -0.3 is 5.32 Å². The molecule has 1 aliphatic carbocycles. The van der Waals surface area contributed by atoms with Crippen LogP contribution in [0.1, 0.15) is 57.6 Å². The first-order valence-corrected chi connectivity index (χ1v) is 9.17. The number of hydrogen-bond donors (Lipinski definition) is 1. The molecule has 0 aliphatic heterocycles. The third kappa shape index (κ3) is 3.70. The molecule has 3 unspecified atom stereocenters. The van der Waals surface area contributed by atoms with Crippen molar-refractivity contribution in [1.29, 1.82) is 0 Å². The zero-order valence-electron chi connectivity index (χ0n) is 11.4. The summed E-state index contributed by atoms with van der Waals surface area (Å²) in [5.41, 5.74) is 1.52. The molecule has 1 N–H and O–H groups in total. The van der Waals surface area contributed by atoms with Gasteiger partial charge in [0.05, 0.1) is 2.88 Å². The number of hydrogen-bond acceptors (Lipinski definition) is 2. The van der Waals surface area contributed by atoms with Crippen molar-refractivity contribution in [3.63, 3.8) is 0 Å². The number of nitrogens with one attached hydrogen (secondary N) is 1. The fourth-order valence-corrected chi connectivity index (χ4v) is 4.68. The summed E-state index contributed by atoms with van der Waals surface area (Å²) in [5, 5.41) is 6.08. The lowest BCUT2D eigenvalue weighted by atomic mass is 9.75. The first-order valence-electron chi connectivity index (χ1n) is 7.21. The second-order valence-corrected chi connectivity index (χ2v) is 8.23. The van der Waals surface area contributed by atoms with Gasteiger partial charge in [0.25, 0.3) is 0 Å². The predicted molar refractivity (Wildman–Crippen MR) is 89.2 cm³/mol. The highest BCUT2D eigenvalue weighted by molar-refractivity contribution is 14.1. The van der Waals surface area contributed by atoms with Crippen LogP contribution in [0.4, 0.5) is 0 Å². The highest BCUT2D eigenvalue weighted by Gasteiger charge is 2.28. The molecule has 0 spiro atoms. The van der Waals surface area contributed by atoms with Crippen LogP contribution >= 0.6 is 33.9 Å². The second-order valence-electron chi connectivity index (χ2n) is 5.42. The van der Waals surface area contributed by atoms with Gasteiger partial charge in [-0.3, -0.25) is 0 Å². The van der Waals surface area contributed by atoms with E-state index in [1.165, 1.54) is 40.6 Å². The van der Waals surface area contributed by atoms with Gasteiger partial charge in [0, 0.05) is 6.04 Å². The Labute approximate surface area is 129 Å². The van der Waals surface area contributed by atoms with E-state index in [9.17, 15) is 0 Å². The lowest BCUT2D eigenvalue weighted by Crippen LogP contribution is -2.31. The molecule has 1 aromatic rings. The SMILES string of the molecule is CCNC(c1csc(I)c1)C1CCCC(CC)C1. The van der Waals surface area contributed by atoms with Gasteiger partial charge in [-0.2, -0.15) is 0 Å². The van der Waals surface area contributed by atoms with Crippen LogP contribution < -0.4 is 5.32 Å². The summed E-state index contributed by atoms with van der Waals surface area (Å²) in [6.45, 7) is 5.65. The van der Waals surface area contributed by atoms with Crippen LogP contribution in [-0.2, 0) is 0 Å². The summed E-state index contributed by atoms with van der Waals surface area (Å²) in [5.74, 6) is 1.80. The fraction of sp³-hybridized carbons (Fsp3) is 0.733. The molecule has 102 valence electrons. The molecule has 0 saturated heterocycles. The Kier molecular flexibility index (Phi) is 5.96. The summed E-state index contributed by atoms with van der Waals surface area (Å²) < 4.78 is 1.41. The summed E-state index contributed by atoms with van der Waals surface area (Å²) in [4.78, 5) is 0. The standard InChI is InChI=1S/C15H24INS/c1-3-11-6-5-7-12(8-11)15(17-4-2)13-9-14(16)18-10-13/h9-12,15,17H,3-8H2,1-2H3. The lowest BCUT2D eigenvalue weighted by molar-refractivity contribution is 0.211. The monoisotopic (exact) mass is 377 g/mol. The van der Waals surface area contributed by atoms with Crippen LogP contribution in [-0.4, -0.2) is 6.54 Å². The minimum atomic E-state index is 0.587. The molecular weight excluding hydrogens is 353 g/mol. The Morgan fingerprint density at radius 2 is 2.28 bits per heavy atom. The Hall–Kier alpha value is 0.390. The zero-order valence-corrected chi connectivity index (χ0v) is 14.4. The number of thiophene rings is 1. The third-order valence-corrected chi connectivity index (χ3v) is 6.05. The van der Waals surface area contributed by atoms with E-state index in [-0.39, 0.29) is 0 Å². The van der Waals surface area contributed by atoms with Crippen molar-refractivity contribution in [3.05, 3.63) is 19.9 Å². The molecule has 0 radical (unpaired) electrons. The van der Waals surface area contributed by atoms with Gasteiger partial charge in [-0.05, 0) is 70.8 Å². The van der Waals surface area contributed by atoms with Crippen LogP contribution in [0.15, 0.2) is 11.4 Å². The number of halogens is 1. The van der Waals surface area contributed by atoms with Crippen LogP contribution in [0.3, 0.4) is 0 Å². The van der Waals surface area contributed by atoms with Crippen molar-refractivity contribution < 1.29 is 0 Å². The summed E-state index contributed by atoms with van der Waals surface area (Å²) >= 11 is 4.31. The molecule has 1 nitrogen and oxygen atoms in total. The lowest BCUT2D eigenvalue weighted by Gasteiger charge is -2.34. The van der Waals surface area contributed by atoms with E-state index in [2.05, 4.69) is 53.2 Å². The molecular formula is C15H24INS. The maximum atomic E-state index is 3.73. The van der Waals surface area contributed by atoms with Gasteiger partial charge >= 0.3 is 0 Å². The minimum Gasteiger partial charge on any atom is -0.310 e. The van der Waals surface area contributed by atoms with E-state index >= 15 is 0 Å². The molecule has 3 atom stereocenters. The maximum absolute atomic E-state index is 3.73. The quantitative estimate of drug-likeness (QED) is 0.694. The molecule has 1 aromatic heterocycles. The van der Waals surface area contributed by atoms with Crippen LogP contribution in [0.25, 0.3) is 0 Å². The molecule has 2 rings (SSSR count).